The maximum Gasteiger partial charge on any atom is 0.413 e. The zero-order valence-corrected chi connectivity index (χ0v) is 16.6. The zero-order valence-electron chi connectivity index (χ0n) is 16.6. The lowest BCUT2D eigenvalue weighted by Crippen LogP contribution is -2.19. The van der Waals surface area contributed by atoms with Crippen LogP contribution in [0.3, 0.4) is 0 Å². The van der Waals surface area contributed by atoms with Crippen LogP contribution < -0.4 is 15.8 Å². The molecule has 0 bridgehead atoms. The van der Waals surface area contributed by atoms with Gasteiger partial charge in [-0.3, -0.25) is 5.32 Å². The molecule has 11 nitrogen and oxygen atoms in total. The highest BCUT2D eigenvalue weighted by atomic mass is 19.1. The standard InChI is InChI=1S/C18H17F2N7O4/c1-8-13(31-17(21)28)5-4-12(23-8)14-16(27(3)26-25-14)24-18(29)30-9(2)11-6-10(19)7-22-15(11)20/h4-7,9H,1-3H3,(H2,21,28)(H,24,29)/t9-/m1/s1. The van der Waals surface area contributed by atoms with E-state index in [0.717, 1.165) is 6.07 Å². The molecule has 3 aromatic heterocycles. The summed E-state index contributed by atoms with van der Waals surface area (Å²) < 4.78 is 38.3. The number of nitrogens with one attached hydrogen (secondary N) is 1. The summed E-state index contributed by atoms with van der Waals surface area (Å²) in [6.07, 6.45) is -2.36. The van der Waals surface area contributed by atoms with Crippen molar-refractivity contribution in [2.75, 3.05) is 5.32 Å². The summed E-state index contributed by atoms with van der Waals surface area (Å²) in [7, 11) is 1.52. The molecule has 3 heterocycles. The minimum absolute atomic E-state index is 0.130. The maximum atomic E-state index is 13.8. The zero-order chi connectivity index (χ0) is 22.7. The average molecular weight is 433 g/mol. The van der Waals surface area contributed by atoms with Crippen LogP contribution in [0.25, 0.3) is 11.4 Å². The summed E-state index contributed by atoms with van der Waals surface area (Å²) in [5.41, 5.74) is 5.63. The molecule has 0 aliphatic heterocycles. The van der Waals surface area contributed by atoms with Crippen molar-refractivity contribution in [3.63, 3.8) is 0 Å². The molecule has 3 N–H and O–H groups in total. The van der Waals surface area contributed by atoms with Crippen LogP contribution in [-0.2, 0) is 11.8 Å². The Morgan fingerprint density at radius 2 is 2.03 bits per heavy atom. The van der Waals surface area contributed by atoms with E-state index in [9.17, 15) is 18.4 Å². The third-order valence-electron chi connectivity index (χ3n) is 4.09. The van der Waals surface area contributed by atoms with Crippen molar-refractivity contribution in [3.8, 4) is 17.1 Å². The van der Waals surface area contributed by atoms with Crippen molar-refractivity contribution in [1.29, 1.82) is 0 Å². The van der Waals surface area contributed by atoms with E-state index in [2.05, 4.69) is 25.6 Å². The maximum absolute atomic E-state index is 13.8. The molecule has 1 atom stereocenters. The van der Waals surface area contributed by atoms with Crippen LogP contribution in [0.2, 0.25) is 0 Å². The number of nitrogens with two attached hydrogens (primary N) is 1. The Morgan fingerprint density at radius 1 is 1.29 bits per heavy atom. The first-order chi connectivity index (χ1) is 14.7. The van der Waals surface area contributed by atoms with E-state index in [1.807, 2.05) is 0 Å². The Bertz CT molecular complexity index is 1150. The topological polar surface area (TPSA) is 147 Å². The van der Waals surface area contributed by atoms with Gasteiger partial charge in [-0.05, 0) is 32.0 Å². The second-order valence-corrected chi connectivity index (χ2v) is 6.32. The van der Waals surface area contributed by atoms with Gasteiger partial charge in [-0.15, -0.1) is 5.10 Å². The van der Waals surface area contributed by atoms with Crippen molar-refractivity contribution in [1.82, 2.24) is 25.0 Å². The summed E-state index contributed by atoms with van der Waals surface area (Å²) in [6.45, 7) is 2.95. The predicted molar refractivity (Wildman–Crippen MR) is 102 cm³/mol. The van der Waals surface area contributed by atoms with E-state index < -0.39 is 30.1 Å². The number of nitrogens with zero attached hydrogens (tertiary/aromatic N) is 5. The molecule has 0 fully saturated rings. The number of pyridine rings is 2. The Balaban J connectivity index is 1.80. The number of halogens is 2. The number of hydrogen-bond acceptors (Lipinski definition) is 8. The van der Waals surface area contributed by atoms with Gasteiger partial charge in [-0.2, -0.15) is 4.39 Å². The Kier molecular flexibility index (Phi) is 6.04. The lowest BCUT2D eigenvalue weighted by molar-refractivity contribution is 0.118. The van der Waals surface area contributed by atoms with Gasteiger partial charge in [0.25, 0.3) is 0 Å². The lowest BCUT2D eigenvalue weighted by atomic mass is 10.2. The molecule has 13 heteroatoms. The molecule has 0 spiro atoms. The fraction of sp³-hybridized carbons (Fsp3) is 0.222. The SMILES string of the molecule is Cc1nc(-c2nnn(C)c2NC(=O)O[C@H](C)c2cc(F)cnc2F)ccc1OC(N)=O. The van der Waals surface area contributed by atoms with Gasteiger partial charge in [-0.1, -0.05) is 5.21 Å². The first kappa shape index (κ1) is 21.5. The van der Waals surface area contributed by atoms with E-state index in [1.165, 1.54) is 30.8 Å². The number of anilines is 1. The van der Waals surface area contributed by atoms with Gasteiger partial charge >= 0.3 is 12.2 Å². The number of amides is 2. The number of primary amides is 1. The lowest BCUT2D eigenvalue weighted by Gasteiger charge is -2.15. The van der Waals surface area contributed by atoms with E-state index in [4.69, 9.17) is 15.2 Å². The normalized spacial score (nSPS) is 11.6. The Hall–Kier alpha value is -4.16. The number of hydrogen-bond donors (Lipinski definition) is 2. The molecular formula is C18H17F2N7O4. The van der Waals surface area contributed by atoms with Gasteiger partial charge in [-0.25, -0.2) is 28.6 Å². The van der Waals surface area contributed by atoms with Crippen molar-refractivity contribution < 1.29 is 27.8 Å². The Labute approximate surface area is 174 Å². The summed E-state index contributed by atoms with van der Waals surface area (Å²) in [5, 5.41) is 10.3. The van der Waals surface area contributed by atoms with Crippen LogP contribution in [0.5, 0.6) is 5.75 Å². The Morgan fingerprint density at radius 3 is 2.71 bits per heavy atom. The predicted octanol–water partition coefficient (Wildman–Crippen LogP) is 2.63. The quantitative estimate of drug-likeness (QED) is 0.584. The summed E-state index contributed by atoms with van der Waals surface area (Å²) in [5.74, 6) is -1.43. The van der Waals surface area contributed by atoms with Crippen LogP contribution in [0.1, 0.15) is 24.3 Å². The molecule has 31 heavy (non-hydrogen) atoms. The highest BCUT2D eigenvalue weighted by Crippen LogP contribution is 2.27. The van der Waals surface area contributed by atoms with Crippen molar-refractivity contribution in [3.05, 3.63) is 47.4 Å². The summed E-state index contributed by atoms with van der Waals surface area (Å²) in [6, 6.07) is 3.84. The molecule has 0 unspecified atom stereocenters. The van der Waals surface area contributed by atoms with Crippen molar-refractivity contribution >= 4 is 18.0 Å². The monoisotopic (exact) mass is 433 g/mol. The third kappa shape index (κ3) is 4.88. The van der Waals surface area contributed by atoms with Crippen LogP contribution in [0, 0.1) is 18.7 Å². The molecule has 0 aromatic carbocycles. The number of carbonyl (C=O) groups excluding carboxylic acids is 2. The molecular weight excluding hydrogens is 416 g/mol. The van der Waals surface area contributed by atoms with Gasteiger partial charge in [0.15, 0.2) is 17.3 Å². The first-order valence-electron chi connectivity index (χ1n) is 8.79. The van der Waals surface area contributed by atoms with E-state index in [0.29, 0.717) is 17.6 Å². The minimum atomic E-state index is -1.13. The van der Waals surface area contributed by atoms with Crippen LogP contribution >= 0.6 is 0 Å². The number of ether oxygens (including phenoxy) is 2. The molecule has 0 saturated carbocycles. The average Bonchev–Trinajstić information content (AvgIpc) is 3.05. The molecule has 0 saturated heterocycles. The van der Waals surface area contributed by atoms with Gasteiger partial charge in [0.05, 0.1) is 23.1 Å². The molecule has 162 valence electrons. The second kappa shape index (κ2) is 8.69. The van der Waals surface area contributed by atoms with Crippen molar-refractivity contribution in [2.45, 2.75) is 20.0 Å². The number of aryl methyl sites for hydroxylation is 2. The molecule has 0 aliphatic rings. The fourth-order valence-electron chi connectivity index (χ4n) is 2.64. The summed E-state index contributed by atoms with van der Waals surface area (Å²) >= 11 is 0. The summed E-state index contributed by atoms with van der Waals surface area (Å²) in [4.78, 5) is 30.8. The van der Waals surface area contributed by atoms with Crippen LogP contribution in [0.4, 0.5) is 24.2 Å². The molecule has 0 aliphatic carbocycles. The minimum Gasteiger partial charge on any atom is -0.441 e. The smallest absolute Gasteiger partial charge is 0.413 e. The van der Waals surface area contributed by atoms with Gasteiger partial charge < -0.3 is 15.2 Å². The number of carbonyl (C=O) groups is 2. The molecule has 2 amide bonds. The van der Waals surface area contributed by atoms with Crippen LogP contribution in [-0.4, -0.2) is 37.1 Å². The van der Waals surface area contributed by atoms with Gasteiger partial charge in [0, 0.05) is 7.05 Å². The highest BCUT2D eigenvalue weighted by Gasteiger charge is 2.22. The fourth-order valence-corrected chi connectivity index (χ4v) is 2.64. The van der Waals surface area contributed by atoms with E-state index in [1.54, 1.807) is 6.92 Å². The molecule has 0 radical (unpaired) electrons. The second-order valence-electron chi connectivity index (χ2n) is 6.32. The number of rotatable bonds is 5. The first-order valence-corrected chi connectivity index (χ1v) is 8.79. The van der Waals surface area contributed by atoms with E-state index in [-0.39, 0.29) is 22.8 Å². The third-order valence-corrected chi connectivity index (χ3v) is 4.09. The van der Waals surface area contributed by atoms with Crippen LogP contribution in [0.15, 0.2) is 24.4 Å². The molecule has 3 rings (SSSR count). The van der Waals surface area contributed by atoms with Gasteiger partial charge in [0.1, 0.15) is 11.9 Å². The van der Waals surface area contributed by atoms with Crippen molar-refractivity contribution in [2.24, 2.45) is 12.8 Å². The largest absolute Gasteiger partial charge is 0.441 e. The molecule has 3 aromatic rings. The van der Waals surface area contributed by atoms with E-state index >= 15 is 0 Å². The highest BCUT2D eigenvalue weighted by molar-refractivity contribution is 5.88. The van der Waals surface area contributed by atoms with Gasteiger partial charge in [0.2, 0.25) is 5.95 Å². The number of aromatic nitrogens is 5.